The van der Waals surface area contributed by atoms with Crippen molar-refractivity contribution in [3.63, 3.8) is 0 Å². The van der Waals surface area contributed by atoms with E-state index in [1.165, 1.54) is 4.90 Å². The smallest absolute Gasteiger partial charge is 0.272 e. The van der Waals surface area contributed by atoms with Gasteiger partial charge in [-0.15, -0.1) is 12.4 Å². The second kappa shape index (κ2) is 6.67. The number of amides is 3. The molecular weight excluding hydrogens is 322 g/mol. The van der Waals surface area contributed by atoms with Gasteiger partial charge in [-0.25, -0.2) is 0 Å². The number of halogens is 1. The number of H-pyrrole nitrogens is 1. The average molecular weight is 342 g/mol. The van der Waals surface area contributed by atoms with Gasteiger partial charge in [-0.3, -0.25) is 24.4 Å². The monoisotopic (exact) mass is 341 g/mol. The van der Waals surface area contributed by atoms with Crippen molar-refractivity contribution in [3.05, 3.63) is 17.0 Å². The van der Waals surface area contributed by atoms with Gasteiger partial charge in [0.1, 0.15) is 6.04 Å². The fourth-order valence-electron chi connectivity index (χ4n) is 2.95. The SMILES string of the molecule is CC(C)N1C(=O)CC(NC(=O)c2n[nH]c3c2CNCC3)C1=O.Cl. The Hall–Kier alpha value is -1.93. The Balaban J connectivity index is 0.00000192. The van der Waals surface area contributed by atoms with E-state index in [9.17, 15) is 14.4 Å². The highest BCUT2D eigenvalue weighted by atomic mass is 35.5. The Bertz CT molecular complexity index is 642. The van der Waals surface area contributed by atoms with Crippen LogP contribution in [-0.4, -0.2) is 51.4 Å². The Morgan fingerprint density at radius 2 is 2.13 bits per heavy atom. The van der Waals surface area contributed by atoms with E-state index < -0.39 is 11.9 Å². The van der Waals surface area contributed by atoms with Crippen molar-refractivity contribution in [3.8, 4) is 0 Å². The van der Waals surface area contributed by atoms with E-state index >= 15 is 0 Å². The van der Waals surface area contributed by atoms with Crippen LogP contribution in [0.15, 0.2) is 0 Å². The quantitative estimate of drug-likeness (QED) is 0.657. The number of rotatable bonds is 3. The predicted molar refractivity (Wildman–Crippen MR) is 84.1 cm³/mol. The fourth-order valence-corrected chi connectivity index (χ4v) is 2.95. The van der Waals surface area contributed by atoms with E-state index in [0.717, 1.165) is 24.2 Å². The molecule has 0 saturated carbocycles. The number of aromatic amines is 1. The van der Waals surface area contributed by atoms with Gasteiger partial charge in [-0.1, -0.05) is 0 Å². The zero-order valence-corrected chi connectivity index (χ0v) is 13.8. The van der Waals surface area contributed by atoms with E-state index in [2.05, 4.69) is 20.8 Å². The largest absolute Gasteiger partial charge is 0.338 e. The molecular formula is C14H20ClN5O3. The van der Waals surface area contributed by atoms with Gasteiger partial charge in [-0.05, 0) is 13.8 Å². The molecule has 0 aliphatic carbocycles. The van der Waals surface area contributed by atoms with Gasteiger partial charge in [0, 0.05) is 36.8 Å². The molecule has 3 rings (SSSR count). The summed E-state index contributed by atoms with van der Waals surface area (Å²) >= 11 is 0. The van der Waals surface area contributed by atoms with E-state index in [1.807, 2.05) is 0 Å². The fraction of sp³-hybridized carbons (Fsp3) is 0.571. The van der Waals surface area contributed by atoms with Crippen LogP contribution >= 0.6 is 12.4 Å². The van der Waals surface area contributed by atoms with Crippen LogP contribution < -0.4 is 10.6 Å². The molecule has 3 N–H and O–H groups in total. The summed E-state index contributed by atoms with van der Waals surface area (Å²) in [5.41, 5.74) is 2.08. The lowest BCUT2D eigenvalue weighted by molar-refractivity contribution is -0.140. The molecule has 1 unspecified atom stereocenters. The first-order chi connectivity index (χ1) is 10.5. The molecule has 3 amide bonds. The maximum atomic E-state index is 12.4. The summed E-state index contributed by atoms with van der Waals surface area (Å²) in [5.74, 6) is -1.02. The lowest BCUT2D eigenvalue weighted by Crippen LogP contribution is -2.44. The first-order valence-electron chi connectivity index (χ1n) is 7.42. The molecule has 0 radical (unpaired) electrons. The summed E-state index contributed by atoms with van der Waals surface area (Å²) < 4.78 is 0. The first kappa shape index (κ1) is 17.4. The van der Waals surface area contributed by atoms with E-state index in [4.69, 9.17) is 0 Å². The third kappa shape index (κ3) is 3.09. The molecule has 126 valence electrons. The Morgan fingerprint density at radius 3 is 2.78 bits per heavy atom. The van der Waals surface area contributed by atoms with Gasteiger partial charge in [-0.2, -0.15) is 5.10 Å². The maximum absolute atomic E-state index is 12.4. The van der Waals surface area contributed by atoms with Crippen molar-refractivity contribution in [1.82, 2.24) is 25.7 Å². The van der Waals surface area contributed by atoms with Crippen molar-refractivity contribution in [2.24, 2.45) is 0 Å². The summed E-state index contributed by atoms with van der Waals surface area (Å²) in [4.78, 5) is 37.6. The number of imide groups is 1. The number of fused-ring (bicyclic) bond motifs is 1. The second-order valence-electron chi connectivity index (χ2n) is 5.88. The molecule has 3 heterocycles. The predicted octanol–water partition coefficient (Wildman–Crippen LogP) is -0.257. The number of aromatic nitrogens is 2. The van der Waals surface area contributed by atoms with Gasteiger partial charge in [0.15, 0.2) is 5.69 Å². The van der Waals surface area contributed by atoms with Gasteiger partial charge < -0.3 is 10.6 Å². The molecule has 1 atom stereocenters. The van der Waals surface area contributed by atoms with Gasteiger partial charge in [0.25, 0.3) is 11.8 Å². The number of nitrogens with zero attached hydrogens (tertiary/aromatic N) is 2. The lowest BCUT2D eigenvalue weighted by atomic mass is 10.1. The average Bonchev–Trinajstić information content (AvgIpc) is 3.00. The van der Waals surface area contributed by atoms with E-state index in [1.54, 1.807) is 13.8 Å². The highest BCUT2D eigenvalue weighted by Crippen LogP contribution is 2.18. The van der Waals surface area contributed by atoms with Crippen molar-refractivity contribution < 1.29 is 14.4 Å². The Morgan fingerprint density at radius 1 is 1.39 bits per heavy atom. The zero-order chi connectivity index (χ0) is 15.9. The number of likely N-dealkylation sites (tertiary alicyclic amines) is 1. The number of carbonyl (C=O) groups is 3. The summed E-state index contributed by atoms with van der Waals surface area (Å²) in [6, 6.07) is -1.00. The molecule has 1 aromatic rings. The molecule has 1 saturated heterocycles. The second-order valence-corrected chi connectivity index (χ2v) is 5.88. The number of nitrogens with one attached hydrogen (secondary N) is 3. The number of hydrogen-bond acceptors (Lipinski definition) is 5. The van der Waals surface area contributed by atoms with Crippen LogP contribution in [-0.2, 0) is 22.6 Å². The van der Waals surface area contributed by atoms with E-state index in [0.29, 0.717) is 12.2 Å². The first-order valence-corrected chi connectivity index (χ1v) is 7.42. The van der Waals surface area contributed by atoms with Crippen LogP contribution in [0, 0.1) is 0 Å². The van der Waals surface area contributed by atoms with Crippen molar-refractivity contribution >= 4 is 30.1 Å². The molecule has 0 aromatic carbocycles. The van der Waals surface area contributed by atoms with Crippen molar-refractivity contribution in [2.45, 2.75) is 45.3 Å². The maximum Gasteiger partial charge on any atom is 0.272 e. The molecule has 1 fully saturated rings. The summed E-state index contributed by atoms with van der Waals surface area (Å²) in [6.45, 7) is 4.96. The van der Waals surface area contributed by atoms with Crippen molar-refractivity contribution in [2.75, 3.05) is 6.54 Å². The minimum absolute atomic E-state index is 0. The molecule has 9 heteroatoms. The lowest BCUT2D eigenvalue weighted by Gasteiger charge is -2.19. The molecule has 2 aliphatic heterocycles. The molecule has 0 bridgehead atoms. The molecule has 23 heavy (non-hydrogen) atoms. The Kier molecular flexibility index (Phi) is 5.06. The molecule has 1 aromatic heterocycles. The van der Waals surface area contributed by atoms with E-state index in [-0.39, 0.29) is 36.7 Å². The molecule has 0 spiro atoms. The van der Waals surface area contributed by atoms with Crippen LogP contribution in [0.3, 0.4) is 0 Å². The molecule has 8 nitrogen and oxygen atoms in total. The normalized spacial score (nSPS) is 20.5. The minimum Gasteiger partial charge on any atom is -0.338 e. The topological polar surface area (TPSA) is 107 Å². The summed E-state index contributed by atoms with van der Waals surface area (Å²) in [5, 5.41) is 12.7. The summed E-state index contributed by atoms with van der Waals surface area (Å²) in [6.07, 6.45) is 0.797. The van der Waals surface area contributed by atoms with Crippen LogP contribution in [0.25, 0.3) is 0 Å². The number of carbonyl (C=O) groups excluding carboxylic acids is 3. The van der Waals surface area contributed by atoms with Crippen LogP contribution in [0.2, 0.25) is 0 Å². The summed E-state index contributed by atoms with van der Waals surface area (Å²) in [7, 11) is 0. The van der Waals surface area contributed by atoms with Crippen LogP contribution in [0.4, 0.5) is 0 Å². The van der Waals surface area contributed by atoms with Crippen LogP contribution in [0.5, 0.6) is 0 Å². The van der Waals surface area contributed by atoms with Gasteiger partial charge >= 0.3 is 0 Å². The highest BCUT2D eigenvalue weighted by molar-refractivity contribution is 6.08. The van der Waals surface area contributed by atoms with Crippen LogP contribution in [0.1, 0.15) is 42.0 Å². The van der Waals surface area contributed by atoms with Gasteiger partial charge in [0.2, 0.25) is 5.91 Å². The minimum atomic E-state index is -0.800. The Labute approximate surface area is 139 Å². The van der Waals surface area contributed by atoms with Gasteiger partial charge in [0.05, 0.1) is 6.42 Å². The number of hydrogen-bond donors (Lipinski definition) is 3. The third-order valence-electron chi connectivity index (χ3n) is 4.03. The van der Waals surface area contributed by atoms with Crippen molar-refractivity contribution in [1.29, 1.82) is 0 Å². The highest BCUT2D eigenvalue weighted by Gasteiger charge is 2.41. The molecule has 2 aliphatic rings. The standard InChI is InChI=1S/C14H19N5O3.ClH/c1-7(2)19-11(20)5-10(14(19)22)16-13(21)12-8-6-15-4-3-9(8)17-18-12;/h7,10,15H,3-6H2,1-2H3,(H,16,21)(H,17,18);1H. The zero-order valence-electron chi connectivity index (χ0n) is 13.0. The third-order valence-corrected chi connectivity index (χ3v) is 4.03.